The maximum atomic E-state index is 9.97. The molecule has 2 heterocycles. The molecule has 0 unspecified atom stereocenters. The minimum absolute atomic E-state index is 0.0551. The zero-order valence-corrected chi connectivity index (χ0v) is 15.2. The van der Waals surface area contributed by atoms with Crippen LogP contribution in [-0.4, -0.2) is 40.4 Å². The SMILES string of the molecule is COc1cc(/C=N\n2c(Cc3cccs3)n[nH]c2=S)cc(OC)c1O. The Morgan fingerprint density at radius 2 is 2.08 bits per heavy atom. The van der Waals surface area contributed by atoms with Gasteiger partial charge >= 0.3 is 0 Å². The molecule has 2 aromatic heterocycles. The molecule has 0 aliphatic heterocycles. The Kier molecular flexibility index (Phi) is 5.15. The minimum Gasteiger partial charge on any atom is -0.502 e. The van der Waals surface area contributed by atoms with Crippen molar-refractivity contribution in [1.29, 1.82) is 0 Å². The van der Waals surface area contributed by atoms with Crippen LogP contribution < -0.4 is 9.47 Å². The summed E-state index contributed by atoms with van der Waals surface area (Å²) >= 11 is 6.89. The smallest absolute Gasteiger partial charge is 0.216 e. The number of rotatable bonds is 6. The molecule has 0 aliphatic carbocycles. The van der Waals surface area contributed by atoms with Crippen molar-refractivity contribution >= 4 is 29.8 Å². The van der Waals surface area contributed by atoms with Gasteiger partial charge in [-0.1, -0.05) is 6.07 Å². The highest BCUT2D eigenvalue weighted by Gasteiger charge is 2.11. The van der Waals surface area contributed by atoms with Crippen LogP contribution in [0.15, 0.2) is 34.7 Å². The van der Waals surface area contributed by atoms with Gasteiger partial charge in [-0.3, -0.25) is 5.10 Å². The van der Waals surface area contributed by atoms with Crippen molar-refractivity contribution in [3.8, 4) is 17.2 Å². The second-order valence-corrected chi connectivity index (χ2v) is 6.45. The molecular weight excluding hydrogens is 360 g/mol. The number of phenols is 1. The van der Waals surface area contributed by atoms with E-state index in [2.05, 4.69) is 15.3 Å². The molecule has 1 aromatic carbocycles. The van der Waals surface area contributed by atoms with Gasteiger partial charge in [0.05, 0.1) is 20.4 Å². The molecule has 0 spiro atoms. The summed E-state index contributed by atoms with van der Waals surface area (Å²) in [6.07, 6.45) is 2.23. The van der Waals surface area contributed by atoms with E-state index in [0.29, 0.717) is 34.1 Å². The Balaban J connectivity index is 1.92. The van der Waals surface area contributed by atoms with Gasteiger partial charge in [0.25, 0.3) is 0 Å². The highest BCUT2D eigenvalue weighted by Crippen LogP contribution is 2.36. The van der Waals surface area contributed by atoms with Crippen molar-refractivity contribution < 1.29 is 14.6 Å². The standard InChI is InChI=1S/C16H16N4O3S2/c1-22-12-6-10(7-13(23-2)15(12)21)9-17-20-14(18-19-16(20)24)8-11-4-3-5-25-11/h3-7,9,21H,8H2,1-2H3,(H,19,24)/b17-9-. The monoisotopic (exact) mass is 376 g/mol. The summed E-state index contributed by atoms with van der Waals surface area (Å²) in [4.78, 5) is 1.17. The van der Waals surface area contributed by atoms with Gasteiger partial charge in [-0.25, -0.2) is 0 Å². The minimum atomic E-state index is -0.0551. The molecule has 9 heteroatoms. The first-order chi connectivity index (χ1) is 12.1. The Labute approximate surface area is 153 Å². The third-order valence-electron chi connectivity index (χ3n) is 3.45. The lowest BCUT2D eigenvalue weighted by Crippen LogP contribution is -2.00. The molecule has 130 valence electrons. The van der Waals surface area contributed by atoms with Crippen LogP contribution in [0.5, 0.6) is 17.2 Å². The Hall–Kier alpha value is -2.65. The highest BCUT2D eigenvalue weighted by molar-refractivity contribution is 7.71. The fraction of sp³-hybridized carbons (Fsp3) is 0.188. The number of nitrogens with zero attached hydrogens (tertiary/aromatic N) is 3. The fourth-order valence-corrected chi connectivity index (χ4v) is 3.14. The number of H-pyrrole nitrogens is 1. The molecule has 0 saturated carbocycles. The van der Waals surface area contributed by atoms with Gasteiger partial charge in [0, 0.05) is 16.9 Å². The summed E-state index contributed by atoms with van der Waals surface area (Å²) in [5, 5.41) is 23.4. The van der Waals surface area contributed by atoms with E-state index in [4.69, 9.17) is 21.7 Å². The number of phenolic OH excluding ortho intramolecular Hbond substituents is 1. The summed E-state index contributed by atoms with van der Waals surface area (Å²) in [6.45, 7) is 0. The van der Waals surface area contributed by atoms with Gasteiger partial charge < -0.3 is 14.6 Å². The van der Waals surface area contributed by atoms with E-state index in [1.54, 1.807) is 34.4 Å². The molecule has 3 rings (SSSR count). The Bertz CT molecular complexity index is 920. The number of aromatic amines is 1. The van der Waals surface area contributed by atoms with Gasteiger partial charge in [0.15, 0.2) is 17.3 Å². The summed E-state index contributed by atoms with van der Waals surface area (Å²) in [7, 11) is 2.95. The molecule has 0 radical (unpaired) electrons. The van der Waals surface area contributed by atoms with Crippen LogP contribution in [0, 0.1) is 4.77 Å². The van der Waals surface area contributed by atoms with Crippen molar-refractivity contribution in [3.63, 3.8) is 0 Å². The summed E-state index contributed by atoms with van der Waals surface area (Å²) in [5.41, 5.74) is 0.691. The van der Waals surface area contributed by atoms with Crippen LogP contribution in [0.3, 0.4) is 0 Å². The Morgan fingerprint density at radius 3 is 2.68 bits per heavy atom. The van der Waals surface area contributed by atoms with Crippen LogP contribution in [0.2, 0.25) is 0 Å². The molecule has 25 heavy (non-hydrogen) atoms. The lowest BCUT2D eigenvalue weighted by atomic mass is 10.2. The zero-order chi connectivity index (χ0) is 17.8. The number of ether oxygens (including phenoxy) is 2. The summed E-state index contributed by atoms with van der Waals surface area (Å²) in [6, 6.07) is 7.34. The molecule has 2 N–H and O–H groups in total. The lowest BCUT2D eigenvalue weighted by molar-refractivity contribution is 0.340. The average Bonchev–Trinajstić information content (AvgIpc) is 3.25. The largest absolute Gasteiger partial charge is 0.502 e. The van der Waals surface area contributed by atoms with Gasteiger partial charge in [0.2, 0.25) is 10.5 Å². The highest BCUT2D eigenvalue weighted by atomic mass is 32.1. The molecule has 0 saturated heterocycles. The van der Waals surface area contributed by atoms with Gasteiger partial charge in [0.1, 0.15) is 0 Å². The van der Waals surface area contributed by atoms with E-state index in [-0.39, 0.29) is 5.75 Å². The molecule has 0 fully saturated rings. The predicted octanol–water partition coefficient (Wildman–Crippen LogP) is 3.20. The third kappa shape index (κ3) is 3.72. The number of hydrogen-bond acceptors (Lipinski definition) is 7. The molecule has 0 aliphatic rings. The maximum absolute atomic E-state index is 9.97. The zero-order valence-electron chi connectivity index (χ0n) is 13.6. The quantitative estimate of drug-likeness (QED) is 0.510. The van der Waals surface area contributed by atoms with E-state index < -0.39 is 0 Å². The molecule has 0 atom stereocenters. The van der Waals surface area contributed by atoms with Gasteiger partial charge in [-0.2, -0.15) is 14.9 Å². The predicted molar refractivity (Wildman–Crippen MR) is 98.7 cm³/mol. The third-order valence-corrected chi connectivity index (χ3v) is 4.59. The number of aromatic nitrogens is 3. The van der Waals surface area contributed by atoms with Crippen LogP contribution in [0.1, 0.15) is 16.3 Å². The molecule has 0 bridgehead atoms. The van der Waals surface area contributed by atoms with Crippen LogP contribution in [-0.2, 0) is 6.42 Å². The van der Waals surface area contributed by atoms with Crippen molar-refractivity contribution in [3.05, 3.63) is 50.7 Å². The lowest BCUT2D eigenvalue weighted by Gasteiger charge is -2.09. The first-order valence-electron chi connectivity index (χ1n) is 7.30. The fourth-order valence-electron chi connectivity index (χ4n) is 2.24. The van der Waals surface area contributed by atoms with E-state index in [1.165, 1.54) is 19.1 Å². The molecule has 3 aromatic rings. The van der Waals surface area contributed by atoms with E-state index in [0.717, 1.165) is 0 Å². The topological polar surface area (TPSA) is 84.7 Å². The van der Waals surface area contributed by atoms with E-state index in [1.807, 2.05) is 17.5 Å². The average molecular weight is 376 g/mol. The van der Waals surface area contributed by atoms with Crippen molar-refractivity contribution in [2.75, 3.05) is 14.2 Å². The number of aromatic hydroxyl groups is 1. The number of nitrogens with one attached hydrogen (secondary N) is 1. The second kappa shape index (κ2) is 7.49. The number of methoxy groups -OCH3 is 2. The Morgan fingerprint density at radius 1 is 1.36 bits per heavy atom. The van der Waals surface area contributed by atoms with Gasteiger partial charge in [-0.15, -0.1) is 11.3 Å². The van der Waals surface area contributed by atoms with Crippen molar-refractivity contribution in [1.82, 2.24) is 14.9 Å². The van der Waals surface area contributed by atoms with E-state index >= 15 is 0 Å². The maximum Gasteiger partial charge on any atom is 0.216 e. The van der Waals surface area contributed by atoms with E-state index in [9.17, 15) is 5.11 Å². The first kappa shape index (κ1) is 17.2. The number of thiophene rings is 1. The molecule has 7 nitrogen and oxygen atoms in total. The van der Waals surface area contributed by atoms with Crippen LogP contribution in [0.25, 0.3) is 0 Å². The molecular formula is C16H16N4O3S2. The normalized spacial score (nSPS) is 11.1. The van der Waals surface area contributed by atoms with Crippen molar-refractivity contribution in [2.24, 2.45) is 5.10 Å². The van der Waals surface area contributed by atoms with Gasteiger partial charge in [-0.05, 0) is 35.8 Å². The number of hydrogen-bond donors (Lipinski definition) is 2. The van der Waals surface area contributed by atoms with Crippen molar-refractivity contribution in [2.45, 2.75) is 6.42 Å². The second-order valence-electron chi connectivity index (χ2n) is 5.03. The number of benzene rings is 1. The first-order valence-corrected chi connectivity index (χ1v) is 8.59. The summed E-state index contributed by atoms with van der Waals surface area (Å²) < 4.78 is 12.3. The van der Waals surface area contributed by atoms with Crippen LogP contribution >= 0.6 is 23.6 Å². The van der Waals surface area contributed by atoms with Crippen LogP contribution in [0.4, 0.5) is 0 Å². The summed E-state index contributed by atoms with van der Waals surface area (Å²) in [5.74, 6) is 1.26. The molecule has 0 amide bonds.